The molecular formula is C7H10BNO. The molecule has 3 heteroatoms. The van der Waals surface area contributed by atoms with Crippen LogP contribution in [0.5, 0.6) is 0 Å². The second-order valence-electron chi connectivity index (χ2n) is 2.89. The zero-order valence-electron chi connectivity index (χ0n) is 5.92. The SMILES string of the molecule is N#CB1CCCC(C=O)C1. The molecule has 1 fully saturated rings. The van der Waals surface area contributed by atoms with Crippen molar-refractivity contribution in [2.45, 2.75) is 25.5 Å². The summed E-state index contributed by atoms with van der Waals surface area (Å²) in [7, 11) is 0. The number of rotatable bonds is 1. The first-order valence-electron chi connectivity index (χ1n) is 3.71. The molecule has 0 aliphatic carbocycles. The molecule has 1 heterocycles. The lowest BCUT2D eigenvalue weighted by atomic mass is 9.41. The third-order valence-electron chi connectivity index (χ3n) is 2.09. The summed E-state index contributed by atoms with van der Waals surface area (Å²) < 4.78 is 0. The van der Waals surface area contributed by atoms with E-state index >= 15 is 0 Å². The smallest absolute Gasteiger partial charge is 0.268 e. The molecule has 0 aromatic rings. The maximum atomic E-state index is 10.3. The van der Waals surface area contributed by atoms with Gasteiger partial charge in [0.25, 0.3) is 6.71 Å². The zero-order chi connectivity index (χ0) is 7.40. The fourth-order valence-corrected chi connectivity index (χ4v) is 1.47. The number of hydrogen-bond acceptors (Lipinski definition) is 2. The Morgan fingerprint density at radius 2 is 2.50 bits per heavy atom. The Morgan fingerprint density at radius 1 is 1.70 bits per heavy atom. The molecule has 0 N–H and O–H groups in total. The summed E-state index contributed by atoms with van der Waals surface area (Å²) in [6.07, 6.45) is 4.80. The maximum Gasteiger partial charge on any atom is 0.268 e. The van der Waals surface area contributed by atoms with E-state index in [2.05, 4.69) is 5.97 Å². The van der Waals surface area contributed by atoms with Crippen LogP contribution in [0.2, 0.25) is 12.6 Å². The Balaban J connectivity index is 2.40. The summed E-state index contributed by atoms with van der Waals surface area (Å²) in [5.74, 6) is 2.37. The predicted molar refractivity (Wildman–Crippen MR) is 39.8 cm³/mol. The van der Waals surface area contributed by atoms with E-state index in [0.717, 1.165) is 31.8 Å². The molecule has 1 aliphatic rings. The van der Waals surface area contributed by atoms with Crippen LogP contribution in [-0.4, -0.2) is 13.0 Å². The van der Waals surface area contributed by atoms with Crippen LogP contribution in [0.25, 0.3) is 0 Å². The Morgan fingerprint density at radius 3 is 3.10 bits per heavy atom. The Kier molecular flexibility index (Phi) is 2.50. The molecule has 0 radical (unpaired) electrons. The third kappa shape index (κ3) is 1.60. The number of carbonyl (C=O) groups is 1. The van der Waals surface area contributed by atoms with E-state index in [0.29, 0.717) is 0 Å². The molecule has 0 aromatic heterocycles. The fraction of sp³-hybridized carbons (Fsp3) is 0.714. The van der Waals surface area contributed by atoms with Gasteiger partial charge in [0, 0.05) is 11.9 Å². The zero-order valence-corrected chi connectivity index (χ0v) is 5.92. The van der Waals surface area contributed by atoms with E-state index in [1.165, 1.54) is 0 Å². The van der Waals surface area contributed by atoms with Crippen molar-refractivity contribution in [3.8, 4) is 5.97 Å². The van der Waals surface area contributed by atoms with Gasteiger partial charge in [0.2, 0.25) is 0 Å². The van der Waals surface area contributed by atoms with E-state index < -0.39 is 0 Å². The highest BCUT2D eigenvalue weighted by molar-refractivity contribution is 6.67. The molecule has 1 atom stereocenters. The summed E-state index contributed by atoms with van der Waals surface area (Å²) in [5, 5.41) is 8.54. The Hall–Kier alpha value is -0.775. The quantitative estimate of drug-likeness (QED) is 0.399. The van der Waals surface area contributed by atoms with Crippen LogP contribution in [0.15, 0.2) is 0 Å². The number of aldehydes is 1. The summed E-state index contributed by atoms with van der Waals surface area (Å²) in [5.41, 5.74) is 0. The molecule has 1 unspecified atom stereocenters. The lowest BCUT2D eigenvalue weighted by Gasteiger charge is -2.17. The van der Waals surface area contributed by atoms with Crippen molar-refractivity contribution < 1.29 is 4.79 Å². The Bertz CT molecular complexity index is 163. The Labute approximate surface area is 61.3 Å². The van der Waals surface area contributed by atoms with E-state index in [9.17, 15) is 4.79 Å². The van der Waals surface area contributed by atoms with Crippen LogP contribution in [0.4, 0.5) is 0 Å². The van der Waals surface area contributed by atoms with Gasteiger partial charge in [-0.2, -0.15) is 0 Å². The van der Waals surface area contributed by atoms with Crippen molar-refractivity contribution in [2.24, 2.45) is 5.92 Å². The summed E-state index contributed by atoms with van der Waals surface area (Å²) >= 11 is 0. The molecule has 1 rings (SSSR count). The predicted octanol–water partition coefficient (Wildman–Crippen LogP) is 1.15. The second-order valence-corrected chi connectivity index (χ2v) is 2.89. The normalized spacial score (nSPS) is 25.5. The molecule has 0 saturated carbocycles. The van der Waals surface area contributed by atoms with Crippen molar-refractivity contribution in [1.82, 2.24) is 0 Å². The number of hydrogen-bond donors (Lipinski definition) is 0. The van der Waals surface area contributed by atoms with E-state index in [-0.39, 0.29) is 12.6 Å². The average Bonchev–Trinajstić information content (AvgIpc) is 2.05. The van der Waals surface area contributed by atoms with E-state index in [1.54, 1.807) is 0 Å². The van der Waals surface area contributed by atoms with E-state index in [1.807, 2.05) is 0 Å². The van der Waals surface area contributed by atoms with Gasteiger partial charge in [-0.05, 0) is 6.42 Å². The van der Waals surface area contributed by atoms with Gasteiger partial charge < -0.3 is 4.79 Å². The molecule has 1 saturated heterocycles. The van der Waals surface area contributed by atoms with Crippen molar-refractivity contribution >= 4 is 13.0 Å². The first-order valence-corrected chi connectivity index (χ1v) is 3.71. The number of nitrogens with zero attached hydrogens (tertiary/aromatic N) is 1. The standard InChI is InChI=1S/C7H10BNO/c9-6-8-3-1-2-7(4-8)5-10/h5,7H,1-4H2. The molecule has 1 aliphatic heterocycles. The highest BCUT2D eigenvalue weighted by Gasteiger charge is 2.24. The van der Waals surface area contributed by atoms with Crippen molar-refractivity contribution in [3.63, 3.8) is 0 Å². The molecule has 0 spiro atoms. The van der Waals surface area contributed by atoms with Crippen LogP contribution in [-0.2, 0) is 4.79 Å². The first kappa shape index (κ1) is 7.33. The van der Waals surface area contributed by atoms with Gasteiger partial charge in [0.05, 0.1) is 0 Å². The van der Waals surface area contributed by atoms with Gasteiger partial charge in [0.15, 0.2) is 0 Å². The van der Waals surface area contributed by atoms with Gasteiger partial charge in [-0.3, -0.25) is 0 Å². The molecule has 52 valence electrons. The van der Waals surface area contributed by atoms with Crippen LogP contribution >= 0.6 is 0 Å². The molecule has 0 bridgehead atoms. The lowest BCUT2D eigenvalue weighted by molar-refractivity contribution is -0.110. The topological polar surface area (TPSA) is 40.9 Å². The maximum absolute atomic E-state index is 10.3. The monoisotopic (exact) mass is 135 g/mol. The van der Waals surface area contributed by atoms with Crippen molar-refractivity contribution in [3.05, 3.63) is 0 Å². The molecular weight excluding hydrogens is 125 g/mol. The summed E-state index contributed by atoms with van der Waals surface area (Å²) in [6, 6.07) is 0. The minimum Gasteiger partial charge on any atom is -0.303 e. The average molecular weight is 135 g/mol. The van der Waals surface area contributed by atoms with Gasteiger partial charge in [-0.25, -0.2) is 5.26 Å². The minimum atomic E-state index is 0.143. The van der Waals surface area contributed by atoms with Gasteiger partial charge >= 0.3 is 0 Å². The minimum absolute atomic E-state index is 0.143. The van der Waals surface area contributed by atoms with Crippen LogP contribution < -0.4 is 0 Å². The lowest BCUT2D eigenvalue weighted by Crippen LogP contribution is -2.21. The van der Waals surface area contributed by atoms with E-state index in [4.69, 9.17) is 5.26 Å². The van der Waals surface area contributed by atoms with Crippen molar-refractivity contribution in [1.29, 1.82) is 5.26 Å². The second kappa shape index (κ2) is 3.41. The first-order chi connectivity index (χ1) is 4.86. The summed E-state index contributed by atoms with van der Waals surface area (Å²) in [6.45, 7) is 0.143. The van der Waals surface area contributed by atoms with Crippen LogP contribution in [0, 0.1) is 17.1 Å². The number of carbonyl (C=O) groups excluding carboxylic acids is 1. The molecule has 10 heavy (non-hydrogen) atoms. The van der Waals surface area contributed by atoms with Gasteiger partial charge in [-0.15, -0.1) is 0 Å². The highest BCUT2D eigenvalue weighted by atomic mass is 16.1. The summed E-state index contributed by atoms with van der Waals surface area (Å²) in [4.78, 5) is 10.3. The molecule has 0 aromatic carbocycles. The van der Waals surface area contributed by atoms with Crippen LogP contribution in [0.1, 0.15) is 12.8 Å². The largest absolute Gasteiger partial charge is 0.303 e. The van der Waals surface area contributed by atoms with Gasteiger partial charge in [-0.1, -0.05) is 19.1 Å². The molecule has 2 nitrogen and oxygen atoms in total. The van der Waals surface area contributed by atoms with Gasteiger partial charge in [0.1, 0.15) is 6.29 Å². The van der Waals surface area contributed by atoms with Crippen LogP contribution in [0.3, 0.4) is 0 Å². The third-order valence-corrected chi connectivity index (χ3v) is 2.09. The number of nitriles is 1. The van der Waals surface area contributed by atoms with Crippen molar-refractivity contribution in [2.75, 3.05) is 0 Å². The molecule has 0 amide bonds. The fourth-order valence-electron chi connectivity index (χ4n) is 1.47. The highest BCUT2D eigenvalue weighted by Crippen LogP contribution is 2.22.